The molecule has 0 aliphatic heterocycles. The van der Waals surface area contributed by atoms with Gasteiger partial charge in [0, 0.05) is 23.2 Å². The Labute approximate surface area is 191 Å². The average molecular weight is 473 g/mol. The monoisotopic (exact) mass is 472 g/mol. The highest BCUT2D eigenvalue weighted by atomic mass is 35.5. The van der Waals surface area contributed by atoms with Crippen molar-refractivity contribution in [2.45, 2.75) is 19.9 Å². The highest BCUT2D eigenvalue weighted by molar-refractivity contribution is 7.14. The molecule has 3 heterocycles. The van der Waals surface area contributed by atoms with Crippen LogP contribution in [0.5, 0.6) is 0 Å². The second-order valence-corrected chi connectivity index (χ2v) is 8.69. The first-order valence-corrected chi connectivity index (χ1v) is 11.4. The number of nitrogens with one attached hydrogen (secondary N) is 2. The standard InChI is InChI=1S/C21H17ClN4O3S2/c1-12(27)23-9-14-6-7-18(29-14)17-11-31-21(25-17)26-19(28)8-13-10-30-20(24-13)15-4-2-3-5-16(15)22/h2-7,10-11H,8-9H2,1H3,(H,23,27)(H,25,26,28). The molecule has 0 fully saturated rings. The van der Waals surface area contributed by atoms with Crippen molar-refractivity contribution < 1.29 is 14.0 Å². The topological polar surface area (TPSA) is 97.1 Å². The third-order valence-electron chi connectivity index (χ3n) is 4.17. The van der Waals surface area contributed by atoms with Crippen LogP contribution < -0.4 is 10.6 Å². The summed E-state index contributed by atoms with van der Waals surface area (Å²) in [6.45, 7) is 1.76. The number of hydrogen-bond acceptors (Lipinski definition) is 7. The predicted octanol–water partition coefficient (Wildman–Crippen LogP) is 5.00. The number of carbonyl (C=O) groups excluding carboxylic acids is 2. The Morgan fingerprint density at radius 3 is 2.74 bits per heavy atom. The molecular formula is C21H17ClN4O3S2. The summed E-state index contributed by atoms with van der Waals surface area (Å²) in [5.74, 6) is 0.862. The zero-order chi connectivity index (χ0) is 21.8. The summed E-state index contributed by atoms with van der Waals surface area (Å²) in [5, 5.41) is 11.0. The number of furan rings is 1. The summed E-state index contributed by atoms with van der Waals surface area (Å²) in [6.07, 6.45) is 0.136. The Kier molecular flexibility index (Phi) is 6.45. The van der Waals surface area contributed by atoms with Crippen LogP contribution in [-0.2, 0) is 22.6 Å². The molecule has 7 nitrogen and oxygen atoms in total. The molecule has 0 bridgehead atoms. The van der Waals surface area contributed by atoms with E-state index in [1.807, 2.05) is 29.6 Å². The van der Waals surface area contributed by atoms with Gasteiger partial charge in [0.25, 0.3) is 0 Å². The van der Waals surface area contributed by atoms with Gasteiger partial charge in [-0.1, -0.05) is 29.8 Å². The smallest absolute Gasteiger partial charge is 0.232 e. The Morgan fingerprint density at radius 2 is 1.94 bits per heavy atom. The first-order chi connectivity index (χ1) is 15.0. The minimum absolute atomic E-state index is 0.129. The number of hydrogen-bond donors (Lipinski definition) is 2. The lowest BCUT2D eigenvalue weighted by atomic mass is 10.2. The molecule has 2 amide bonds. The number of thiazole rings is 2. The Balaban J connectivity index is 1.36. The van der Waals surface area contributed by atoms with E-state index < -0.39 is 0 Å². The Hall–Kier alpha value is -3.01. The molecule has 0 atom stereocenters. The van der Waals surface area contributed by atoms with Gasteiger partial charge in [-0.25, -0.2) is 9.97 Å². The number of amides is 2. The SMILES string of the molecule is CC(=O)NCc1ccc(-c2csc(NC(=O)Cc3csc(-c4ccccc4Cl)n3)n2)o1. The first kappa shape index (κ1) is 21.2. The van der Waals surface area contributed by atoms with Crippen molar-refractivity contribution in [2.75, 3.05) is 5.32 Å². The van der Waals surface area contributed by atoms with Crippen LogP contribution in [0.1, 0.15) is 18.4 Å². The summed E-state index contributed by atoms with van der Waals surface area (Å²) in [6, 6.07) is 11.0. The van der Waals surface area contributed by atoms with Crippen molar-refractivity contribution in [1.82, 2.24) is 15.3 Å². The fourth-order valence-electron chi connectivity index (χ4n) is 2.74. The van der Waals surface area contributed by atoms with Crippen molar-refractivity contribution in [3.05, 3.63) is 63.6 Å². The number of nitrogens with zero attached hydrogens (tertiary/aromatic N) is 2. The predicted molar refractivity (Wildman–Crippen MR) is 122 cm³/mol. The van der Waals surface area contributed by atoms with Crippen LogP contribution in [0.25, 0.3) is 22.0 Å². The molecule has 158 valence electrons. The van der Waals surface area contributed by atoms with E-state index in [2.05, 4.69) is 20.6 Å². The van der Waals surface area contributed by atoms with Crippen molar-refractivity contribution in [2.24, 2.45) is 0 Å². The molecule has 0 unspecified atom stereocenters. The Bertz CT molecular complexity index is 1230. The van der Waals surface area contributed by atoms with Crippen LogP contribution >= 0.6 is 34.3 Å². The van der Waals surface area contributed by atoms with E-state index in [4.69, 9.17) is 16.0 Å². The van der Waals surface area contributed by atoms with Gasteiger partial charge in [0.1, 0.15) is 16.5 Å². The maximum atomic E-state index is 12.4. The zero-order valence-electron chi connectivity index (χ0n) is 16.3. The lowest BCUT2D eigenvalue weighted by Crippen LogP contribution is -2.18. The molecule has 0 aliphatic carbocycles. The van der Waals surface area contributed by atoms with Gasteiger partial charge in [0.2, 0.25) is 11.8 Å². The van der Waals surface area contributed by atoms with Gasteiger partial charge in [0.05, 0.1) is 23.7 Å². The minimum atomic E-state index is -0.206. The maximum absolute atomic E-state index is 12.4. The molecule has 2 N–H and O–H groups in total. The summed E-state index contributed by atoms with van der Waals surface area (Å²) < 4.78 is 5.69. The lowest BCUT2D eigenvalue weighted by Gasteiger charge is -2.00. The highest BCUT2D eigenvalue weighted by Gasteiger charge is 2.14. The van der Waals surface area contributed by atoms with E-state index in [9.17, 15) is 9.59 Å². The van der Waals surface area contributed by atoms with Crippen molar-refractivity contribution in [3.63, 3.8) is 0 Å². The van der Waals surface area contributed by atoms with E-state index >= 15 is 0 Å². The fourth-order valence-corrected chi connectivity index (χ4v) is 4.60. The molecule has 10 heteroatoms. The van der Waals surface area contributed by atoms with Gasteiger partial charge in [-0.2, -0.15) is 0 Å². The molecule has 4 aromatic rings. The lowest BCUT2D eigenvalue weighted by molar-refractivity contribution is -0.119. The van der Waals surface area contributed by atoms with E-state index in [-0.39, 0.29) is 18.2 Å². The molecule has 31 heavy (non-hydrogen) atoms. The normalized spacial score (nSPS) is 10.8. The third-order valence-corrected chi connectivity index (χ3v) is 6.19. The zero-order valence-corrected chi connectivity index (χ0v) is 18.7. The van der Waals surface area contributed by atoms with Crippen LogP contribution in [-0.4, -0.2) is 21.8 Å². The number of aromatic nitrogens is 2. The van der Waals surface area contributed by atoms with Gasteiger partial charge in [0.15, 0.2) is 10.9 Å². The van der Waals surface area contributed by atoms with Gasteiger partial charge in [-0.15, -0.1) is 22.7 Å². The molecule has 0 saturated heterocycles. The summed E-state index contributed by atoms with van der Waals surface area (Å²) in [4.78, 5) is 32.4. The molecule has 0 spiro atoms. The second-order valence-electron chi connectivity index (χ2n) is 6.56. The molecule has 0 radical (unpaired) electrons. The largest absolute Gasteiger partial charge is 0.458 e. The quantitative estimate of drug-likeness (QED) is 0.394. The highest BCUT2D eigenvalue weighted by Crippen LogP contribution is 2.30. The van der Waals surface area contributed by atoms with Crippen LogP contribution in [0, 0.1) is 0 Å². The molecule has 0 saturated carbocycles. The third kappa shape index (κ3) is 5.38. The van der Waals surface area contributed by atoms with Crippen molar-refractivity contribution >= 4 is 51.2 Å². The molecule has 1 aromatic carbocycles. The molecule has 4 rings (SSSR count). The van der Waals surface area contributed by atoms with Gasteiger partial charge < -0.3 is 15.1 Å². The number of carbonyl (C=O) groups is 2. The summed E-state index contributed by atoms with van der Waals surface area (Å²) in [5.41, 5.74) is 2.13. The Morgan fingerprint density at radius 1 is 1.10 bits per heavy atom. The van der Waals surface area contributed by atoms with Gasteiger partial charge in [-0.3, -0.25) is 9.59 Å². The number of halogens is 1. The van der Waals surface area contributed by atoms with E-state index in [1.54, 1.807) is 17.5 Å². The number of anilines is 1. The van der Waals surface area contributed by atoms with Crippen LogP contribution in [0.4, 0.5) is 5.13 Å². The molecule has 0 aliphatic rings. The fraction of sp³-hybridized carbons (Fsp3) is 0.143. The van der Waals surface area contributed by atoms with Crippen LogP contribution in [0.3, 0.4) is 0 Å². The summed E-state index contributed by atoms with van der Waals surface area (Å²) in [7, 11) is 0. The maximum Gasteiger partial charge on any atom is 0.232 e. The minimum Gasteiger partial charge on any atom is -0.458 e. The van der Waals surface area contributed by atoms with Gasteiger partial charge >= 0.3 is 0 Å². The van der Waals surface area contributed by atoms with Crippen LogP contribution in [0.2, 0.25) is 5.02 Å². The number of rotatable bonds is 7. The average Bonchev–Trinajstić information content (AvgIpc) is 3.47. The van der Waals surface area contributed by atoms with Crippen molar-refractivity contribution in [3.8, 4) is 22.0 Å². The van der Waals surface area contributed by atoms with E-state index in [1.165, 1.54) is 29.6 Å². The summed E-state index contributed by atoms with van der Waals surface area (Å²) >= 11 is 8.98. The van der Waals surface area contributed by atoms with E-state index in [0.29, 0.717) is 39.6 Å². The van der Waals surface area contributed by atoms with Crippen molar-refractivity contribution in [1.29, 1.82) is 0 Å². The second kappa shape index (κ2) is 9.42. The molecule has 3 aromatic heterocycles. The number of benzene rings is 1. The molecular weight excluding hydrogens is 456 g/mol. The first-order valence-electron chi connectivity index (χ1n) is 9.26. The van der Waals surface area contributed by atoms with E-state index in [0.717, 1.165) is 10.6 Å². The van der Waals surface area contributed by atoms with Gasteiger partial charge in [-0.05, 0) is 18.2 Å². The van der Waals surface area contributed by atoms with Crippen LogP contribution in [0.15, 0.2) is 51.6 Å².